The van der Waals surface area contributed by atoms with E-state index in [9.17, 15) is 27.8 Å². The van der Waals surface area contributed by atoms with E-state index in [1.807, 2.05) is 0 Å². The first-order chi connectivity index (χ1) is 21.5. The van der Waals surface area contributed by atoms with Gasteiger partial charge in [-0.2, -0.15) is 0 Å². The van der Waals surface area contributed by atoms with Gasteiger partial charge >= 0.3 is 5.97 Å². The van der Waals surface area contributed by atoms with Crippen molar-refractivity contribution in [1.29, 1.82) is 0 Å². The normalized spacial score (nSPS) is 18.2. The summed E-state index contributed by atoms with van der Waals surface area (Å²) in [6.07, 6.45) is -0.682. The van der Waals surface area contributed by atoms with Gasteiger partial charge in [0.1, 0.15) is 5.82 Å². The lowest BCUT2D eigenvalue weighted by Crippen LogP contribution is -2.51. The minimum absolute atomic E-state index is 0.0805. The van der Waals surface area contributed by atoms with Crippen LogP contribution in [0.2, 0.25) is 0 Å². The Labute approximate surface area is 258 Å². The fourth-order valence-corrected chi connectivity index (χ4v) is 5.39. The predicted molar refractivity (Wildman–Crippen MR) is 164 cm³/mol. The van der Waals surface area contributed by atoms with Gasteiger partial charge in [0.2, 0.25) is 16.0 Å². The lowest BCUT2D eigenvalue weighted by molar-refractivity contribution is -0.160. The number of methoxy groups -OCH3 is 1. The third-order valence-corrected chi connectivity index (χ3v) is 10.0. The highest BCUT2D eigenvalue weighted by Crippen LogP contribution is 2.43. The van der Waals surface area contributed by atoms with Gasteiger partial charge in [-0.25, -0.2) is 27.1 Å². The number of benzene rings is 1. The summed E-state index contributed by atoms with van der Waals surface area (Å²) < 4.78 is 97.9. The molecule has 0 amide bonds. The van der Waals surface area contributed by atoms with Crippen molar-refractivity contribution in [2.24, 2.45) is 5.41 Å². The molecule has 2 atom stereocenters. The zero-order valence-corrected chi connectivity index (χ0v) is 26.6. The van der Waals surface area contributed by atoms with E-state index in [4.69, 9.17) is 13.0 Å². The fourth-order valence-electron chi connectivity index (χ4n) is 4.45. The molecule has 0 saturated heterocycles. The summed E-state index contributed by atoms with van der Waals surface area (Å²) in [6, 6.07) is 3.84. The fraction of sp³-hybridized carbons (Fsp3) is 0.581. The maximum atomic E-state index is 14.5. The molecular formula is C31H46FN3O6S. The number of aromatic nitrogens is 2. The number of aliphatic hydroxyl groups excluding tert-OH is 1. The Hall–Kier alpha value is -2.89. The number of nitrogens with zero attached hydrogens (tertiary/aromatic N) is 3. The molecule has 0 spiro atoms. The number of hydrogen-bond donors (Lipinski definition) is 2. The highest BCUT2D eigenvalue weighted by molar-refractivity contribution is 7.93. The molecule has 42 heavy (non-hydrogen) atoms. The summed E-state index contributed by atoms with van der Waals surface area (Å²) in [5.41, 5.74) is -5.89. The third-order valence-electron chi connectivity index (χ3n) is 7.90. The predicted octanol–water partition coefficient (Wildman–Crippen LogP) is 5.73. The van der Waals surface area contributed by atoms with Crippen molar-refractivity contribution in [2.75, 3.05) is 18.5 Å². The number of carbonyl (C=O) groups is 1. The molecule has 1 aromatic carbocycles. The Bertz CT molecular complexity index is 1660. The Morgan fingerprint density at radius 2 is 1.81 bits per heavy atom. The second-order valence-electron chi connectivity index (χ2n) is 11.8. The van der Waals surface area contributed by atoms with Gasteiger partial charge in [-0.05, 0) is 64.0 Å². The van der Waals surface area contributed by atoms with Crippen molar-refractivity contribution in [3.8, 4) is 11.3 Å². The van der Waals surface area contributed by atoms with E-state index in [1.54, 1.807) is 13.8 Å². The Morgan fingerprint density at radius 3 is 2.29 bits per heavy atom. The number of rotatable bonds is 11. The average Bonchev–Trinajstić information content (AvgIpc) is 2.94. The zero-order valence-electron chi connectivity index (χ0n) is 31.8. The molecule has 2 rings (SSSR count). The quantitative estimate of drug-likeness (QED) is 0.329. The van der Waals surface area contributed by atoms with Crippen LogP contribution in [0.25, 0.3) is 16.8 Å². The standard InChI is InChI=1S/C31H46FN3O6S/c1-18(2)42(39,40)35(11)28-33-26(21-13-14-22(32)19(3)15-21)25(27(34-28)29(5,6)7)20(4)16-23(36)30(8,9)31(10,41-12)17-24(37)38/h13-16,18,23,36H,17H2,1-12H3,(H,37,38)/b20-16+/t23-,31+/m1/s1/i5D3,6D3. The van der Waals surface area contributed by atoms with Gasteiger partial charge in [0.25, 0.3) is 0 Å². The number of anilines is 1. The first kappa shape index (κ1) is 26.7. The first-order valence-corrected chi connectivity index (χ1v) is 14.8. The van der Waals surface area contributed by atoms with Gasteiger partial charge in [-0.3, -0.25) is 4.79 Å². The number of ether oxygens (including phenoxy) is 1. The molecule has 0 aliphatic carbocycles. The third kappa shape index (κ3) is 7.01. The van der Waals surface area contributed by atoms with Crippen LogP contribution in [0.4, 0.5) is 10.3 Å². The number of carboxylic acid groups (broad SMARTS) is 1. The van der Waals surface area contributed by atoms with Crippen LogP contribution in [0, 0.1) is 18.2 Å². The second-order valence-corrected chi connectivity index (χ2v) is 14.3. The molecule has 0 aliphatic rings. The van der Waals surface area contributed by atoms with Crippen molar-refractivity contribution in [3.05, 3.63) is 46.9 Å². The molecule has 2 N–H and O–H groups in total. The van der Waals surface area contributed by atoms with E-state index >= 15 is 0 Å². The maximum absolute atomic E-state index is 14.5. The van der Waals surface area contributed by atoms with Crippen LogP contribution in [-0.4, -0.2) is 65.7 Å². The largest absolute Gasteiger partial charge is 0.481 e. The number of allylic oxidation sites excluding steroid dienone is 1. The molecule has 1 aromatic heterocycles. The van der Waals surface area contributed by atoms with Crippen molar-refractivity contribution in [2.45, 2.75) is 97.9 Å². The molecule has 0 saturated carbocycles. The van der Waals surface area contributed by atoms with Crippen molar-refractivity contribution in [3.63, 3.8) is 0 Å². The van der Waals surface area contributed by atoms with Gasteiger partial charge in [0.05, 0.1) is 34.8 Å². The van der Waals surface area contributed by atoms with E-state index in [1.165, 1.54) is 59.9 Å². The lowest BCUT2D eigenvalue weighted by Gasteiger charge is -2.44. The molecule has 0 fully saturated rings. The summed E-state index contributed by atoms with van der Waals surface area (Å²) >= 11 is 0. The monoisotopic (exact) mass is 613 g/mol. The van der Waals surface area contributed by atoms with Gasteiger partial charge in [-0.1, -0.05) is 40.6 Å². The van der Waals surface area contributed by atoms with Gasteiger partial charge in [-0.15, -0.1) is 0 Å². The van der Waals surface area contributed by atoms with E-state index in [-0.39, 0.29) is 28.0 Å². The molecule has 0 bridgehead atoms. The average molecular weight is 614 g/mol. The van der Waals surface area contributed by atoms with E-state index < -0.39 is 81.4 Å². The van der Waals surface area contributed by atoms with E-state index in [0.29, 0.717) is 0 Å². The number of carboxylic acids is 1. The Balaban J connectivity index is 3.29. The molecule has 9 nitrogen and oxygen atoms in total. The van der Waals surface area contributed by atoms with Crippen LogP contribution in [0.15, 0.2) is 24.3 Å². The van der Waals surface area contributed by atoms with Gasteiger partial charge < -0.3 is 14.9 Å². The SMILES string of the molecule is [2H]C([2H])([2H])C(C)(c1nc(N(C)S(=O)(=O)C(C)C)nc(-c2ccc(F)c(C)c2)c1/C(C)=C/[C@@H](O)C(C)(C)[C@](C)(CC(=O)O)OC)C([2H])([2H])[2H]. The number of sulfonamides is 1. The minimum atomic E-state index is -4.13. The number of aliphatic hydroxyl groups is 1. The van der Waals surface area contributed by atoms with Crippen LogP contribution in [-0.2, 0) is 25.0 Å². The van der Waals surface area contributed by atoms with Gasteiger partial charge in [0, 0.05) is 44.3 Å². The topological polar surface area (TPSA) is 130 Å². The highest BCUT2D eigenvalue weighted by Gasteiger charge is 2.47. The summed E-state index contributed by atoms with van der Waals surface area (Å²) in [4.78, 5) is 20.6. The number of hydrogen-bond acceptors (Lipinski definition) is 7. The molecule has 0 radical (unpaired) electrons. The van der Waals surface area contributed by atoms with Crippen LogP contribution in [0.5, 0.6) is 0 Å². The molecule has 2 aromatic rings. The summed E-state index contributed by atoms with van der Waals surface area (Å²) in [7, 11) is -1.68. The van der Waals surface area contributed by atoms with Crippen LogP contribution < -0.4 is 4.31 Å². The molecule has 234 valence electrons. The highest BCUT2D eigenvalue weighted by atomic mass is 32.2. The number of halogens is 1. The zero-order chi connectivity index (χ0) is 37.6. The van der Waals surface area contributed by atoms with E-state index in [0.717, 1.165) is 24.3 Å². The maximum Gasteiger partial charge on any atom is 0.306 e. The number of aliphatic carboxylic acids is 1. The van der Waals surface area contributed by atoms with Crippen molar-refractivity contribution in [1.82, 2.24) is 9.97 Å². The van der Waals surface area contributed by atoms with Crippen molar-refractivity contribution < 1.29 is 40.8 Å². The molecule has 0 aliphatic heterocycles. The Morgan fingerprint density at radius 1 is 1.21 bits per heavy atom. The summed E-state index contributed by atoms with van der Waals surface area (Å²) in [6.45, 7) is 4.86. The van der Waals surface area contributed by atoms with Gasteiger partial charge in [0.15, 0.2) is 0 Å². The molecule has 0 unspecified atom stereocenters. The van der Waals surface area contributed by atoms with Crippen LogP contribution >= 0.6 is 0 Å². The minimum Gasteiger partial charge on any atom is -0.481 e. The number of aryl methyl sites for hydroxylation is 1. The summed E-state index contributed by atoms with van der Waals surface area (Å²) in [5.74, 6) is -2.29. The lowest BCUT2D eigenvalue weighted by atomic mass is 9.69. The molecule has 11 heteroatoms. The molecular weight excluding hydrogens is 561 g/mol. The van der Waals surface area contributed by atoms with E-state index in [2.05, 4.69) is 9.97 Å². The van der Waals surface area contributed by atoms with Crippen LogP contribution in [0.3, 0.4) is 0 Å². The summed E-state index contributed by atoms with van der Waals surface area (Å²) in [5, 5.41) is 20.2. The van der Waals surface area contributed by atoms with Crippen LogP contribution in [0.1, 0.15) is 93.6 Å². The smallest absolute Gasteiger partial charge is 0.306 e. The first-order valence-electron chi connectivity index (χ1n) is 16.3. The van der Waals surface area contributed by atoms with Crippen molar-refractivity contribution >= 4 is 27.5 Å². The Kier molecular flexibility index (Phi) is 7.88. The molecule has 1 heterocycles. The second kappa shape index (κ2) is 12.4.